The lowest BCUT2D eigenvalue weighted by molar-refractivity contribution is -0.137. The van der Waals surface area contributed by atoms with E-state index in [4.69, 9.17) is 0 Å². The zero-order chi connectivity index (χ0) is 14.9. The first-order valence-electron chi connectivity index (χ1n) is 6.22. The summed E-state index contributed by atoms with van der Waals surface area (Å²) in [6.07, 6.45) is 0. The van der Waals surface area contributed by atoms with Crippen LogP contribution in [-0.2, 0) is 16.1 Å². The quantitative estimate of drug-likeness (QED) is 0.700. The molecule has 1 atom stereocenters. The maximum atomic E-state index is 11.9. The highest BCUT2D eigenvalue weighted by Crippen LogP contribution is 2.49. The van der Waals surface area contributed by atoms with Gasteiger partial charge in [0.15, 0.2) is 0 Å². The van der Waals surface area contributed by atoms with Crippen LogP contribution in [0.5, 0.6) is 0 Å². The number of rotatable bonds is 6. The number of Topliss-reactive ketones (excluding diaryl/α,β-unsaturated/α-hetero) is 1. The highest BCUT2D eigenvalue weighted by molar-refractivity contribution is 7.76. The van der Waals surface area contributed by atoms with E-state index in [1.54, 1.807) is 13.8 Å². The monoisotopic (exact) mass is 276 g/mol. The third-order valence-corrected chi connectivity index (χ3v) is 6.14. The first-order valence-corrected chi connectivity index (χ1v) is 7.25. The normalized spacial score (nSPS) is 15.9. The van der Waals surface area contributed by atoms with Crippen LogP contribution in [0.2, 0.25) is 0 Å². The van der Waals surface area contributed by atoms with Gasteiger partial charge >= 0.3 is 0 Å². The Hall–Kier alpha value is -0.260. The summed E-state index contributed by atoms with van der Waals surface area (Å²) in [5.41, 5.74) is -1.76. The van der Waals surface area contributed by atoms with Crippen molar-refractivity contribution in [3.63, 3.8) is 0 Å². The number of nitrogens with zero attached hydrogens (tertiary/aromatic N) is 1. The maximum absolute atomic E-state index is 11.9. The molecule has 0 saturated heterocycles. The Morgan fingerprint density at radius 1 is 1.17 bits per heavy atom. The molecule has 0 aliphatic carbocycles. The average Bonchev–Trinajstić information content (AvgIpc) is 2.16. The van der Waals surface area contributed by atoms with E-state index < -0.39 is 27.6 Å². The lowest BCUT2D eigenvalue weighted by atomic mass is 9.57. The van der Waals surface area contributed by atoms with Crippen molar-refractivity contribution < 1.29 is 13.6 Å². The SMILES string of the molecule is CCN(S(=O)[O-])C(C)(C)C(C)(C)C(C)(C)C(C)=O. The first kappa shape index (κ1) is 17.7. The van der Waals surface area contributed by atoms with Gasteiger partial charge < -0.3 is 4.55 Å². The van der Waals surface area contributed by atoms with Crippen molar-refractivity contribution in [3.8, 4) is 0 Å². The molecular weight excluding hydrogens is 250 g/mol. The molecule has 0 rings (SSSR count). The molecule has 0 heterocycles. The molecule has 0 aromatic carbocycles. The second-order valence-corrected chi connectivity index (χ2v) is 7.15. The summed E-state index contributed by atoms with van der Waals surface area (Å²) in [7, 11) is 0. The second-order valence-electron chi connectivity index (χ2n) is 6.28. The predicted molar refractivity (Wildman–Crippen MR) is 73.6 cm³/mol. The largest absolute Gasteiger partial charge is 0.760 e. The van der Waals surface area contributed by atoms with E-state index >= 15 is 0 Å². The molecule has 108 valence electrons. The Balaban J connectivity index is 5.71. The summed E-state index contributed by atoms with van der Waals surface area (Å²) in [6, 6.07) is 0. The smallest absolute Gasteiger partial charge is 0.136 e. The zero-order valence-corrected chi connectivity index (χ0v) is 13.6. The van der Waals surface area contributed by atoms with Gasteiger partial charge in [0.05, 0.1) is 0 Å². The van der Waals surface area contributed by atoms with Crippen molar-refractivity contribution in [2.24, 2.45) is 10.8 Å². The van der Waals surface area contributed by atoms with E-state index in [1.807, 2.05) is 41.5 Å². The summed E-state index contributed by atoms with van der Waals surface area (Å²) in [4.78, 5) is 11.9. The van der Waals surface area contributed by atoms with Crippen molar-refractivity contribution in [1.29, 1.82) is 0 Å². The summed E-state index contributed by atoms with van der Waals surface area (Å²) in [6.45, 7) is 15.1. The molecule has 0 spiro atoms. The van der Waals surface area contributed by atoms with E-state index in [1.165, 1.54) is 4.31 Å². The second kappa shape index (κ2) is 5.39. The maximum Gasteiger partial charge on any atom is 0.136 e. The van der Waals surface area contributed by atoms with Gasteiger partial charge in [-0.1, -0.05) is 34.6 Å². The van der Waals surface area contributed by atoms with Crippen LogP contribution >= 0.6 is 0 Å². The molecule has 0 fully saturated rings. The van der Waals surface area contributed by atoms with Crippen molar-refractivity contribution >= 4 is 17.0 Å². The van der Waals surface area contributed by atoms with Crippen molar-refractivity contribution in [3.05, 3.63) is 0 Å². The highest BCUT2D eigenvalue weighted by Gasteiger charge is 2.52. The number of hydrogen-bond donors (Lipinski definition) is 0. The van der Waals surface area contributed by atoms with Crippen LogP contribution in [0.25, 0.3) is 0 Å². The van der Waals surface area contributed by atoms with Crippen LogP contribution in [0, 0.1) is 10.8 Å². The van der Waals surface area contributed by atoms with E-state index in [0.717, 1.165) is 0 Å². The van der Waals surface area contributed by atoms with E-state index in [2.05, 4.69) is 0 Å². The summed E-state index contributed by atoms with van der Waals surface area (Å²) < 4.78 is 24.1. The molecule has 1 unspecified atom stereocenters. The molecule has 18 heavy (non-hydrogen) atoms. The van der Waals surface area contributed by atoms with E-state index in [9.17, 15) is 13.6 Å². The Morgan fingerprint density at radius 3 is 1.78 bits per heavy atom. The molecule has 0 aromatic rings. The van der Waals surface area contributed by atoms with Gasteiger partial charge in [-0.05, 0) is 26.2 Å². The number of carbonyl (C=O) groups is 1. The van der Waals surface area contributed by atoms with Gasteiger partial charge in [-0.2, -0.15) is 0 Å². The number of ketones is 1. The minimum Gasteiger partial charge on any atom is -0.760 e. The van der Waals surface area contributed by atoms with E-state index in [-0.39, 0.29) is 5.78 Å². The lowest BCUT2D eigenvalue weighted by Gasteiger charge is -2.55. The lowest BCUT2D eigenvalue weighted by Crippen LogP contribution is -2.61. The van der Waals surface area contributed by atoms with Crippen LogP contribution < -0.4 is 0 Å². The third kappa shape index (κ3) is 2.68. The van der Waals surface area contributed by atoms with Gasteiger partial charge in [0.2, 0.25) is 0 Å². The van der Waals surface area contributed by atoms with Gasteiger partial charge in [-0.25, -0.2) is 4.31 Å². The molecule has 0 saturated carbocycles. The Bertz CT molecular complexity index is 348. The fourth-order valence-electron chi connectivity index (χ4n) is 2.20. The van der Waals surface area contributed by atoms with Gasteiger partial charge in [0.25, 0.3) is 0 Å². The minimum atomic E-state index is -2.30. The van der Waals surface area contributed by atoms with Gasteiger partial charge in [0, 0.05) is 28.8 Å². The molecule has 0 N–H and O–H groups in total. The summed E-state index contributed by atoms with van der Waals surface area (Å²) >= 11 is -2.30. The molecule has 0 bridgehead atoms. The highest BCUT2D eigenvalue weighted by atomic mass is 32.2. The van der Waals surface area contributed by atoms with Crippen LogP contribution in [-0.4, -0.2) is 30.9 Å². The van der Waals surface area contributed by atoms with Gasteiger partial charge in [-0.15, -0.1) is 0 Å². The van der Waals surface area contributed by atoms with E-state index in [0.29, 0.717) is 6.54 Å². The average molecular weight is 276 g/mol. The molecule has 0 aromatic heterocycles. The van der Waals surface area contributed by atoms with Crippen LogP contribution in [0.15, 0.2) is 0 Å². The van der Waals surface area contributed by atoms with Crippen molar-refractivity contribution in [2.75, 3.05) is 6.54 Å². The number of hydrogen-bond acceptors (Lipinski definition) is 3. The topological polar surface area (TPSA) is 60.4 Å². The molecule has 0 amide bonds. The van der Waals surface area contributed by atoms with Crippen LogP contribution in [0.4, 0.5) is 0 Å². The van der Waals surface area contributed by atoms with Gasteiger partial charge in [-0.3, -0.25) is 9.00 Å². The Kier molecular flexibility index (Phi) is 5.31. The predicted octanol–water partition coefficient (Wildman–Crippen LogP) is 2.52. The standard InChI is InChI=1S/C13H27NO3S/c1-9-14(18(16)17)13(7,8)12(5,6)11(3,4)10(2)15/h9H2,1-8H3,(H,16,17)/p-1. The molecule has 0 radical (unpaired) electrons. The zero-order valence-electron chi connectivity index (χ0n) is 12.8. The first-order chi connectivity index (χ1) is 7.84. The van der Waals surface area contributed by atoms with Crippen molar-refractivity contribution in [1.82, 2.24) is 4.31 Å². The Labute approximate surface area is 114 Å². The third-order valence-electron chi connectivity index (χ3n) is 5.06. The molecule has 0 aliphatic rings. The molecule has 0 aliphatic heterocycles. The Morgan fingerprint density at radius 2 is 1.56 bits per heavy atom. The number of carbonyl (C=O) groups excluding carboxylic acids is 1. The summed E-state index contributed by atoms with van der Waals surface area (Å²) in [5.74, 6) is 0.0632. The molecule has 4 nitrogen and oxygen atoms in total. The van der Waals surface area contributed by atoms with Crippen LogP contribution in [0.1, 0.15) is 55.4 Å². The minimum absolute atomic E-state index is 0.0632. The fraction of sp³-hybridized carbons (Fsp3) is 0.923. The summed E-state index contributed by atoms with van der Waals surface area (Å²) in [5, 5.41) is 0. The molecule has 5 heteroatoms. The van der Waals surface area contributed by atoms with Gasteiger partial charge in [0.1, 0.15) is 5.78 Å². The molecular formula is C13H26NO3S-. The van der Waals surface area contributed by atoms with Crippen LogP contribution in [0.3, 0.4) is 0 Å². The fourth-order valence-corrected chi connectivity index (χ4v) is 3.02. The van der Waals surface area contributed by atoms with Crippen molar-refractivity contribution in [2.45, 2.75) is 60.9 Å².